The SMILES string of the molecule is CN(C)c1ccc(C(=O)N2CCN[C@@H](C(=O)N[C@@H]3CCCNC3=O)C2)cc1. The van der Waals surface area contributed by atoms with Gasteiger partial charge in [-0.2, -0.15) is 0 Å². The number of hydrogen-bond donors (Lipinski definition) is 3. The minimum absolute atomic E-state index is 0.0879. The summed E-state index contributed by atoms with van der Waals surface area (Å²) in [5.41, 5.74) is 1.63. The predicted molar refractivity (Wildman–Crippen MR) is 103 cm³/mol. The summed E-state index contributed by atoms with van der Waals surface area (Å²) in [6.45, 7) is 2.02. The Hall–Kier alpha value is -2.61. The van der Waals surface area contributed by atoms with Crippen LogP contribution in [0.1, 0.15) is 23.2 Å². The van der Waals surface area contributed by atoms with E-state index in [0.717, 1.165) is 12.1 Å². The molecule has 146 valence electrons. The zero-order chi connectivity index (χ0) is 19.4. The third-order valence-corrected chi connectivity index (χ3v) is 5.01. The van der Waals surface area contributed by atoms with Gasteiger partial charge in [-0.25, -0.2) is 0 Å². The second-order valence-electron chi connectivity index (χ2n) is 7.19. The summed E-state index contributed by atoms with van der Waals surface area (Å²) in [6.07, 6.45) is 1.49. The fourth-order valence-corrected chi connectivity index (χ4v) is 3.38. The van der Waals surface area contributed by atoms with E-state index in [1.807, 2.05) is 31.1 Å². The van der Waals surface area contributed by atoms with Gasteiger partial charge in [0, 0.05) is 51.5 Å². The average molecular weight is 373 g/mol. The molecule has 8 heteroatoms. The van der Waals surface area contributed by atoms with Crippen molar-refractivity contribution >= 4 is 23.4 Å². The highest BCUT2D eigenvalue weighted by atomic mass is 16.2. The van der Waals surface area contributed by atoms with Crippen LogP contribution in [0.3, 0.4) is 0 Å². The third kappa shape index (κ3) is 4.57. The molecule has 0 saturated carbocycles. The number of nitrogens with zero attached hydrogens (tertiary/aromatic N) is 2. The number of piperidine rings is 1. The Kier molecular flexibility index (Phi) is 5.95. The first kappa shape index (κ1) is 19.2. The minimum atomic E-state index is -0.515. The lowest BCUT2D eigenvalue weighted by Gasteiger charge is -2.34. The molecular formula is C19H27N5O3. The Morgan fingerprint density at radius 3 is 2.59 bits per heavy atom. The maximum Gasteiger partial charge on any atom is 0.253 e. The van der Waals surface area contributed by atoms with Crippen LogP contribution >= 0.6 is 0 Å². The maximum absolute atomic E-state index is 12.8. The molecule has 0 bridgehead atoms. The van der Waals surface area contributed by atoms with Gasteiger partial charge in [-0.3, -0.25) is 14.4 Å². The zero-order valence-electron chi connectivity index (χ0n) is 15.8. The summed E-state index contributed by atoms with van der Waals surface area (Å²) in [5, 5.41) is 8.70. The highest BCUT2D eigenvalue weighted by Crippen LogP contribution is 2.15. The molecule has 0 radical (unpaired) electrons. The lowest BCUT2D eigenvalue weighted by molar-refractivity contribution is -0.131. The minimum Gasteiger partial charge on any atom is -0.378 e. The molecule has 3 amide bonds. The van der Waals surface area contributed by atoms with Crippen molar-refractivity contribution in [2.24, 2.45) is 0 Å². The average Bonchev–Trinajstić information content (AvgIpc) is 2.69. The predicted octanol–water partition coefficient (Wildman–Crippen LogP) is -0.439. The van der Waals surface area contributed by atoms with E-state index >= 15 is 0 Å². The van der Waals surface area contributed by atoms with Gasteiger partial charge in [0.1, 0.15) is 12.1 Å². The molecule has 2 aliphatic rings. The van der Waals surface area contributed by atoms with Crippen LogP contribution in [0.15, 0.2) is 24.3 Å². The Labute approximate surface area is 159 Å². The van der Waals surface area contributed by atoms with Crippen molar-refractivity contribution in [2.45, 2.75) is 24.9 Å². The number of anilines is 1. The number of rotatable bonds is 4. The lowest BCUT2D eigenvalue weighted by Crippen LogP contribution is -2.61. The highest BCUT2D eigenvalue weighted by molar-refractivity contribution is 5.95. The van der Waals surface area contributed by atoms with Crippen LogP contribution in [0.4, 0.5) is 5.69 Å². The zero-order valence-corrected chi connectivity index (χ0v) is 15.8. The first-order chi connectivity index (χ1) is 13.0. The Morgan fingerprint density at radius 2 is 1.93 bits per heavy atom. The fourth-order valence-electron chi connectivity index (χ4n) is 3.38. The molecule has 1 aromatic rings. The molecule has 3 rings (SSSR count). The molecule has 2 saturated heterocycles. The van der Waals surface area contributed by atoms with Crippen molar-refractivity contribution in [2.75, 3.05) is 45.2 Å². The number of hydrogen-bond acceptors (Lipinski definition) is 5. The second kappa shape index (κ2) is 8.39. The van der Waals surface area contributed by atoms with Crippen LogP contribution in [0.5, 0.6) is 0 Å². The molecule has 1 aromatic carbocycles. The van der Waals surface area contributed by atoms with Crippen molar-refractivity contribution in [1.82, 2.24) is 20.9 Å². The molecule has 0 aliphatic carbocycles. The molecule has 3 N–H and O–H groups in total. The van der Waals surface area contributed by atoms with Crippen LogP contribution < -0.4 is 20.9 Å². The normalized spacial score (nSPS) is 22.7. The van der Waals surface area contributed by atoms with Crippen molar-refractivity contribution < 1.29 is 14.4 Å². The van der Waals surface area contributed by atoms with Crippen LogP contribution in [0, 0.1) is 0 Å². The van der Waals surface area contributed by atoms with E-state index in [2.05, 4.69) is 16.0 Å². The number of carbonyl (C=O) groups is 3. The molecule has 0 aromatic heterocycles. The smallest absolute Gasteiger partial charge is 0.253 e. The van der Waals surface area contributed by atoms with E-state index in [0.29, 0.717) is 31.6 Å². The van der Waals surface area contributed by atoms with E-state index in [1.54, 1.807) is 17.0 Å². The Morgan fingerprint density at radius 1 is 1.19 bits per heavy atom. The van der Waals surface area contributed by atoms with E-state index in [4.69, 9.17) is 0 Å². The summed E-state index contributed by atoms with van der Waals surface area (Å²) < 4.78 is 0. The lowest BCUT2D eigenvalue weighted by atomic mass is 10.1. The van der Waals surface area contributed by atoms with Gasteiger partial charge in [0.05, 0.1) is 0 Å². The number of carbonyl (C=O) groups excluding carboxylic acids is 3. The van der Waals surface area contributed by atoms with Crippen molar-refractivity contribution in [3.63, 3.8) is 0 Å². The second-order valence-corrected chi connectivity index (χ2v) is 7.19. The van der Waals surface area contributed by atoms with Gasteiger partial charge in [-0.05, 0) is 37.1 Å². The molecule has 0 unspecified atom stereocenters. The number of amides is 3. The quantitative estimate of drug-likeness (QED) is 0.665. The van der Waals surface area contributed by atoms with Crippen molar-refractivity contribution in [1.29, 1.82) is 0 Å². The van der Waals surface area contributed by atoms with Crippen molar-refractivity contribution in [3.8, 4) is 0 Å². The van der Waals surface area contributed by atoms with Gasteiger partial charge in [0.15, 0.2) is 0 Å². The monoisotopic (exact) mass is 373 g/mol. The van der Waals surface area contributed by atoms with Crippen LogP contribution in [-0.2, 0) is 9.59 Å². The number of benzene rings is 1. The van der Waals surface area contributed by atoms with Gasteiger partial charge in [0.2, 0.25) is 11.8 Å². The number of piperazine rings is 1. The first-order valence-electron chi connectivity index (χ1n) is 9.34. The summed E-state index contributed by atoms with van der Waals surface area (Å²) >= 11 is 0. The Balaban J connectivity index is 1.60. The third-order valence-electron chi connectivity index (χ3n) is 5.01. The maximum atomic E-state index is 12.8. The molecule has 2 fully saturated rings. The van der Waals surface area contributed by atoms with Gasteiger partial charge in [0.25, 0.3) is 5.91 Å². The molecule has 2 atom stereocenters. The van der Waals surface area contributed by atoms with Gasteiger partial charge < -0.3 is 25.8 Å². The number of nitrogens with one attached hydrogen (secondary N) is 3. The van der Waals surface area contributed by atoms with E-state index in [1.165, 1.54) is 0 Å². The summed E-state index contributed by atoms with van der Waals surface area (Å²) in [7, 11) is 3.89. The highest BCUT2D eigenvalue weighted by Gasteiger charge is 2.31. The van der Waals surface area contributed by atoms with E-state index in [-0.39, 0.29) is 24.3 Å². The largest absolute Gasteiger partial charge is 0.378 e. The fraction of sp³-hybridized carbons (Fsp3) is 0.526. The summed E-state index contributed by atoms with van der Waals surface area (Å²) in [6, 6.07) is 6.42. The van der Waals surface area contributed by atoms with Gasteiger partial charge >= 0.3 is 0 Å². The van der Waals surface area contributed by atoms with Crippen LogP contribution in [0.2, 0.25) is 0 Å². The standard InChI is InChI=1S/C19H27N5O3/c1-23(2)14-7-5-13(6-8-14)19(27)24-11-10-20-16(12-24)18(26)22-15-4-3-9-21-17(15)25/h5-8,15-16,20H,3-4,9-12H2,1-2H3,(H,21,25)(H,22,26)/t15-,16-/m1/s1. The van der Waals surface area contributed by atoms with Crippen molar-refractivity contribution in [3.05, 3.63) is 29.8 Å². The molecule has 2 aliphatic heterocycles. The van der Waals surface area contributed by atoms with E-state index < -0.39 is 12.1 Å². The van der Waals surface area contributed by atoms with E-state index in [9.17, 15) is 14.4 Å². The first-order valence-corrected chi connectivity index (χ1v) is 9.34. The van der Waals surface area contributed by atoms with Gasteiger partial charge in [-0.15, -0.1) is 0 Å². The van der Waals surface area contributed by atoms with Crippen LogP contribution in [0.25, 0.3) is 0 Å². The molecule has 0 spiro atoms. The molecule has 2 heterocycles. The molecular weight excluding hydrogens is 346 g/mol. The van der Waals surface area contributed by atoms with Crippen LogP contribution in [-0.4, -0.2) is 75.0 Å². The molecule has 27 heavy (non-hydrogen) atoms. The summed E-state index contributed by atoms with van der Waals surface area (Å²) in [5.74, 6) is -0.466. The Bertz CT molecular complexity index is 704. The molecule has 8 nitrogen and oxygen atoms in total. The van der Waals surface area contributed by atoms with Gasteiger partial charge in [-0.1, -0.05) is 0 Å². The summed E-state index contributed by atoms with van der Waals surface area (Å²) in [4.78, 5) is 40.8. The topological polar surface area (TPSA) is 93.8 Å².